The van der Waals surface area contributed by atoms with Gasteiger partial charge in [-0.15, -0.1) is 0 Å². The lowest BCUT2D eigenvalue weighted by Crippen LogP contribution is -2.44. The Morgan fingerprint density at radius 2 is 1.68 bits per heavy atom. The second-order valence-electron chi connectivity index (χ2n) is 8.51. The first kappa shape index (κ1) is 20.0. The minimum Gasteiger partial charge on any atom is -0.369 e. The molecule has 0 saturated carbocycles. The third-order valence-electron chi connectivity index (χ3n) is 6.33. The zero-order valence-electron chi connectivity index (χ0n) is 18.4. The van der Waals surface area contributed by atoms with Gasteiger partial charge in [-0.3, -0.25) is 0 Å². The van der Waals surface area contributed by atoms with Gasteiger partial charge in [-0.1, -0.05) is 30.3 Å². The summed E-state index contributed by atoms with van der Waals surface area (Å²) < 4.78 is 0. The Labute approximate surface area is 183 Å². The maximum absolute atomic E-state index is 4.95. The number of aryl methyl sites for hydroxylation is 1. The lowest BCUT2D eigenvalue weighted by atomic mass is 10.1. The van der Waals surface area contributed by atoms with Crippen molar-refractivity contribution in [3.63, 3.8) is 0 Å². The maximum atomic E-state index is 4.95. The van der Waals surface area contributed by atoms with Crippen molar-refractivity contribution >= 4 is 27.6 Å². The van der Waals surface area contributed by atoms with E-state index in [1.54, 1.807) is 0 Å². The summed E-state index contributed by atoms with van der Waals surface area (Å²) >= 11 is 0. The summed E-state index contributed by atoms with van der Waals surface area (Å²) in [6, 6.07) is 16.6. The fourth-order valence-corrected chi connectivity index (χ4v) is 4.41. The Balaban J connectivity index is 1.38. The number of benzene rings is 2. The number of hydrogen-bond acceptors (Lipinski definition) is 5. The van der Waals surface area contributed by atoms with E-state index in [0.717, 1.165) is 79.4 Å². The van der Waals surface area contributed by atoms with Crippen LogP contribution in [0.2, 0.25) is 0 Å². The quantitative estimate of drug-likeness (QED) is 0.465. The van der Waals surface area contributed by atoms with Crippen LogP contribution in [0.15, 0.2) is 48.5 Å². The van der Waals surface area contributed by atoms with E-state index in [1.165, 1.54) is 10.9 Å². The molecule has 0 aliphatic carbocycles. The van der Waals surface area contributed by atoms with Crippen LogP contribution in [0.4, 0.5) is 5.82 Å². The highest BCUT2D eigenvalue weighted by Crippen LogP contribution is 2.30. The Kier molecular flexibility index (Phi) is 5.57. The molecule has 31 heavy (non-hydrogen) atoms. The van der Waals surface area contributed by atoms with Crippen molar-refractivity contribution in [3.8, 4) is 11.5 Å². The largest absolute Gasteiger partial charge is 0.369 e. The van der Waals surface area contributed by atoms with Crippen LogP contribution in [0.3, 0.4) is 0 Å². The third kappa shape index (κ3) is 4.13. The molecule has 0 unspecified atom stereocenters. The number of piperazine rings is 1. The fourth-order valence-electron chi connectivity index (χ4n) is 4.41. The number of para-hydroxylation sites is 2. The molecule has 0 amide bonds. The summed E-state index contributed by atoms with van der Waals surface area (Å²) in [4.78, 5) is 18.3. The molecule has 0 bridgehead atoms. The molecular weight excluding hydrogens is 384 g/mol. The van der Waals surface area contributed by atoms with Crippen LogP contribution in [-0.2, 0) is 0 Å². The molecule has 1 aliphatic rings. The van der Waals surface area contributed by atoms with Crippen molar-refractivity contribution in [1.82, 2.24) is 24.8 Å². The van der Waals surface area contributed by atoms with E-state index in [9.17, 15) is 0 Å². The van der Waals surface area contributed by atoms with Gasteiger partial charge in [-0.25, -0.2) is 9.97 Å². The van der Waals surface area contributed by atoms with Crippen LogP contribution in [0, 0.1) is 6.92 Å². The zero-order chi connectivity index (χ0) is 21.2. The van der Waals surface area contributed by atoms with Gasteiger partial charge in [0.1, 0.15) is 5.82 Å². The Morgan fingerprint density at radius 1 is 0.935 bits per heavy atom. The average molecular weight is 415 g/mol. The van der Waals surface area contributed by atoms with Crippen LogP contribution in [0.1, 0.15) is 12.0 Å². The molecule has 1 saturated heterocycles. The van der Waals surface area contributed by atoms with Crippen molar-refractivity contribution < 1.29 is 0 Å². The first-order valence-corrected chi connectivity index (χ1v) is 11.2. The van der Waals surface area contributed by atoms with Gasteiger partial charge in [0.2, 0.25) is 0 Å². The van der Waals surface area contributed by atoms with Crippen LogP contribution < -0.4 is 5.32 Å². The van der Waals surface area contributed by atoms with E-state index in [0.29, 0.717) is 0 Å². The minimum atomic E-state index is 0.744. The summed E-state index contributed by atoms with van der Waals surface area (Å²) in [7, 11) is 2.20. The number of aromatic nitrogens is 3. The molecule has 6 heteroatoms. The molecule has 1 aliphatic heterocycles. The predicted molar refractivity (Wildman–Crippen MR) is 129 cm³/mol. The SMILES string of the molecule is Cc1c(-c2nc(NCCCN3CCN(C)CC3)c3ccccc3n2)[nH]c2ccccc12. The number of H-pyrrole nitrogens is 1. The van der Waals surface area contributed by atoms with Gasteiger partial charge in [0.15, 0.2) is 5.82 Å². The molecule has 0 radical (unpaired) electrons. The van der Waals surface area contributed by atoms with Gasteiger partial charge in [-0.05, 0) is 50.7 Å². The number of fused-ring (bicyclic) bond motifs is 2. The van der Waals surface area contributed by atoms with Gasteiger partial charge in [0.05, 0.1) is 11.2 Å². The molecule has 4 aromatic rings. The number of nitrogens with one attached hydrogen (secondary N) is 2. The molecule has 3 heterocycles. The highest BCUT2D eigenvalue weighted by molar-refractivity contribution is 5.93. The van der Waals surface area contributed by atoms with E-state index < -0.39 is 0 Å². The fraction of sp³-hybridized carbons (Fsp3) is 0.360. The van der Waals surface area contributed by atoms with Gasteiger partial charge < -0.3 is 20.1 Å². The second kappa shape index (κ2) is 8.65. The van der Waals surface area contributed by atoms with Gasteiger partial charge >= 0.3 is 0 Å². The first-order chi connectivity index (χ1) is 15.2. The van der Waals surface area contributed by atoms with Crippen molar-refractivity contribution in [2.24, 2.45) is 0 Å². The number of anilines is 1. The van der Waals surface area contributed by atoms with Crippen LogP contribution in [-0.4, -0.2) is 71.1 Å². The van der Waals surface area contributed by atoms with Gasteiger partial charge in [0.25, 0.3) is 0 Å². The number of hydrogen-bond donors (Lipinski definition) is 2. The molecular formula is C25H30N6. The molecule has 1 fully saturated rings. The topological polar surface area (TPSA) is 60.1 Å². The maximum Gasteiger partial charge on any atom is 0.178 e. The third-order valence-corrected chi connectivity index (χ3v) is 6.33. The minimum absolute atomic E-state index is 0.744. The average Bonchev–Trinajstić information content (AvgIpc) is 3.14. The molecule has 160 valence electrons. The number of aromatic amines is 1. The van der Waals surface area contributed by atoms with E-state index >= 15 is 0 Å². The Morgan fingerprint density at radius 3 is 2.48 bits per heavy atom. The lowest BCUT2D eigenvalue weighted by molar-refractivity contribution is 0.154. The lowest BCUT2D eigenvalue weighted by Gasteiger charge is -2.32. The van der Waals surface area contributed by atoms with Crippen molar-refractivity contribution in [2.75, 3.05) is 51.6 Å². The van der Waals surface area contributed by atoms with Crippen LogP contribution in [0.25, 0.3) is 33.3 Å². The molecule has 0 atom stereocenters. The van der Waals surface area contributed by atoms with Crippen molar-refractivity contribution in [2.45, 2.75) is 13.3 Å². The second-order valence-corrected chi connectivity index (χ2v) is 8.51. The van der Waals surface area contributed by atoms with E-state index in [2.05, 4.69) is 76.5 Å². The number of nitrogens with zero attached hydrogens (tertiary/aromatic N) is 4. The van der Waals surface area contributed by atoms with E-state index in [4.69, 9.17) is 9.97 Å². The normalized spacial score (nSPS) is 15.7. The van der Waals surface area contributed by atoms with E-state index in [-0.39, 0.29) is 0 Å². The highest BCUT2D eigenvalue weighted by atomic mass is 15.2. The first-order valence-electron chi connectivity index (χ1n) is 11.2. The smallest absolute Gasteiger partial charge is 0.178 e. The molecule has 2 N–H and O–H groups in total. The Bertz CT molecular complexity index is 1190. The summed E-state index contributed by atoms with van der Waals surface area (Å²) in [5.41, 5.74) is 4.26. The standard InChI is InChI=1S/C25H30N6/c1-18-19-8-3-5-10-21(19)27-23(18)25-28-22-11-6-4-9-20(22)24(29-25)26-12-7-13-31-16-14-30(2)15-17-31/h3-6,8-11,27H,7,12-17H2,1-2H3,(H,26,28,29). The van der Waals surface area contributed by atoms with Crippen LogP contribution in [0.5, 0.6) is 0 Å². The Hall–Kier alpha value is -2.96. The molecule has 0 spiro atoms. The van der Waals surface area contributed by atoms with Gasteiger partial charge in [0, 0.05) is 49.0 Å². The number of likely N-dealkylation sites (N-methyl/N-ethyl adjacent to an activating group) is 1. The number of rotatable bonds is 6. The molecule has 2 aromatic heterocycles. The predicted octanol–water partition coefficient (Wildman–Crippen LogP) is 4.14. The zero-order valence-corrected chi connectivity index (χ0v) is 18.4. The van der Waals surface area contributed by atoms with Crippen molar-refractivity contribution in [1.29, 1.82) is 0 Å². The van der Waals surface area contributed by atoms with Gasteiger partial charge in [-0.2, -0.15) is 0 Å². The summed E-state index contributed by atoms with van der Waals surface area (Å²) in [5, 5.41) is 5.88. The van der Waals surface area contributed by atoms with E-state index in [1.807, 2.05) is 6.07 Å². The summed E-state index contributed by atoms with van der Waals surface area (Å²) in [6.45, 7) is 8.81. The molecule has 2 aromatic carbocycles. The van der Waals surface area contributed by atoms with Crippen molar-refractivity contribution in [3.05, 3.63) is 54.1 Å². The monoisotopic (exact) mass is 414 g/mol. The summed E-state index contributed by atoms with van der Waals surface area (Å²) in [6.07, 6.45) is 1.10. The molecule has 5 rings (SSSR count). The summed E-state index contributed by atoms with van der Waals surface area (Å²) in [5.74, 6) is 1.66. The van der Waals surface area contributed by atoms with Crippen LogP contribution >= 0.6 is 0 Å². The molecule has 6 nitrogen and oxygen atoms in total. The highest BCUT2D eigenvalue weighted by Gasteiger charge is 2.16.